The van der Waals surface area contributed by atoms with Crippen LogP contribution < -0.4 is 10.2 Å². The molecule has 1 unspecified atom stereocenters. The van der Waals surface area contributed by atoms with Crippen LogP contribution in [0.25, 0.3) is 28.2 Å². The number of hydrogen-bond donors (Lipinski definition) is 3. The van der Waals surface area contributed by atoms with Crippen molar-refractivity contribution in [2.24, 2.45) is 0 Å². The quantitative estimate of drug-likeness (QED) is 0.366. The fourth-order valence-corrected chi connectivity index (χ4v) is 3.89. The molecule has 0 bridgehead atoms. The second-order valence-electron chi connectivity index (χ2n) is 8.45. The lowest BCUT2D eigenvalue weighted by Crippen LogP contribution is -2.44. The second kappa shape index (κ2) is 10.5. The maximum Gasteiger partial charge on any atom is 0.262 e. The van der Waals surface area contributed by atoms with Gasteiger partial charge < -0.3 is 29.7 Å². The largest absolute Gasteiger partial charge is 0.457 e. The van der Waals surface area contributed by atoms with Gasteiger partial charge >= 0.3 is 0 Å². The normalized spacial score (nSPS) is 15.8. The first-order valence-electron chi connectivity index (χ1n) is 11.2. The average Bonchev–Trinajstić information content (AvgIpc) is 3.34. The van der Waals surface area contributed by atoms with Crippen molar-refractivity contribution in [2.45, 2.75) is 6.10 Å². The molecule has 1 aromatic heterocycles. The molecule has 0 spiro atoms. The first-order chi connectivity index (χ1) is 16.5. The second-order valence-corrected chi connectivity index (χ2v) is 8.45. The summed E-state index contributed by atoms with van der Waals surface area (Å²) in [6.07, 6.45) is 0.276. The van der Waals surface area contributed by atoms with Crippen molar-refractivity contribution in [3.05, 3.63) is 59.9 Å². The Labute approximate surface area is 198 Å². The number of amides is 1. The zero-order valence-electron chi connectivity index (χ0n) is 19.1. The molecule has 8 nitrogen and oxygen atoms in total. The average molecular weight is 461 g/mol. The summed E-state index contributed by atoms with van der Waals surface area (Å²) in [5.41, 5.74) is 1.97. The molecule has 34 heavy (non-hydrogen) atoms. The maximum absolute atomic E-state index is 12.1. The van der Waals surface area contributed by atoms with E-state index in [0.29, 0.717) is 11.5 Å². The van der Waals surface area contributed by atoms with Gasteiger partial charge in [0.15, 0.2) is 0 Å². The predicted octanol–water partition coefficient (Wildman–Crippen LogP) is 2.23. The molecule has 1 saturated heterocycles. The number of nitrogens with one attached hydrogen (secondary N) is 1. The molecule has 1 fully saturated rings. The summed E-state index contributed by atoms with van der Waals surface area (Å²) in [6, 6.07) is 18.0. The lowest BCUT2D eigenvalue weighted by Gasteiger charge is -2.34. The number of anilines is 1. The molecule has 2 aromatic carbocycles. The Morgan fingerprint density at radius 2 is 1.88 bits per heavy atom. The number of hydrogen-bond acceptors (Lipinski definition) is 7. The van der Waals surface area contributed by atoms with E-state index in [1.165, 1.54) is 11.8 Å². The first-order valence-corrected chi connectivity index (χ1v) is 11.2. The highest BCUT2D eigenvalue weighted by Gasteiger charge is 2.15. The Bertz CT molecular complexity index is 1240. The van der Waals surface area contributed by atoms with E-state index in [-0.39, 0.29) is 12.1 Å². The summed E-state index contributed by atoms with van der Waals surface area (Å²) in [5, 5.41) is 32.2. The van der Waals surface area contributed by atoms with E-state index in [9.17, 15) is 15.2 Å². The number of fused-ring (bicyclic) bond motifs is 1. The van der Waals surface area contributed by atoms with Gasteiger partial charge in [-0.25, -0.2) is 0 Å². The Kier molecular flexibility index (Phi) is 7.28. The molecule has 3 N–H and O–H groups in total. The summed E-state index contributed by atoms with van der Waals surface area (Å²) >= 11 is 0. The van der Waals surface area contributed by atoms with Gasteiger partial charge in [0.05, 0.1) is 12.7 Å². The van der Waals surface area contributed by atoms with E-state index in [0.717, 1.165) is 42.5 Å². The Morgan fingerprint density at radius 3 is 2.62 bits per heavy atom. The molecule has 3 aromatic rings. The molecule has 1 aliphatic rings. The summed E-state index contributed by atoms with van der Waals surface area (Å²) in [5.74, 6) is 0.356. The Morgan fingerprint density at radius 1 is 1.15 bits per heavy atom. The molecule has 0 saturated carbocycles. The van der Waals surface area contributed by atoms with Gasteiger partial charge in [-0.15, -0.1) is 0 Å². The predicted molar refractivity (Wildman–Crippen MR) is 131 cm³/mol. The lowest BCUT2D eigenvalue weighted by molar-refractivity contribution is -0.117. The molecular weight excluding hydrogens is 432 g/mol. The number of rotatable bonds is 7. The minimum atomic E-state index is -1.08. The van der Waals surface area contributed by atoms with Crippen LogP contribution in [0.2, 0.25) is 0 Å². The van der Waals surface area contributed by atoms with E-state index >= 15 is 0 Å². The van der Waals surface area contributed by atoms with Crippen molar-refractivity contribution < 1.29 is 19.4 Å². The highest BCUT2D eigenvalue weighted by atomic mass is 16.3. The Balaban J connectivity index is 1.50. The highest BCUT2D eigenvalue weighted by molar-refractivity contribution is 6.01. The Hall–Kier alpha value is -3.64. The van der Waals surface area contributed by atoms with Crippen molar-refractivity contribution in [1.82, 2.24) is 10.2 Å². The number of likely N-dealkylation sites (N-methyl/N-ethyl adjacent to an activating group) is 1. The topological polar surface area (TPSA) is 113 Å². The number of benzene rings is 2. The van der Waals surface area contributed by atoms with Gasteiger partial charge in [-0.3, -0.25) is 4.79 Å². The molecule has 1 amide bonds. The monoisotopic (exact) mass is 460 g/mol. The van der Waals surface area contributed by atoms with Crippen LogP contribution in [0.3, 0.4) is 0 Å². The molecule has 0 aliphatic carbocycles. The number of nitrogens with zero attached hydrogens (tertiary/aromatic N) is 3. The molecule has 176 valence electrons. The van der Waals surface area contributed by atoms with E-state index in [1.54, 1.807) is 12.1 Å². The zero-order valence-corrected chi connectivity index (χ0v) is 19.1. The minimum absolute atomic E-state index is 0.147. The van der Waals surface area contributed by atoms with Gasteiger partial charge in [-0.05, 0) is 48.2 Å². The van der Waals surface area contributed by atoms with Crippen LogP contribution in [0.15, 0.2) is 58.5 Å². The highest BCUT2D eigenvalue weighted by Crippen LogP contribution is 2.29. The molecule has 1 atom stereocenters. The van der Waals surface area contributed by atoms with Crippen LogP contribution >= 0.6 is 0 Å². The van der Waals surface area contributed by atoms with Gasteiger partial charge in [-0.1, -0.05) is 18.2 Å². The van der Waals surface area contributed by atoms with Crippen molar-refractivity contribution in [3.63, 3.8) is 0 Å². The summed E-state index contributed by atoms with van der Waals surface area (Å²) in [7, 11) is 2.15. The number of aliphatic hydroxyl groups is 2. The van der Waals surface area contributed by atoms with Crippen LogP contribution in [0.5, 0.6) is 0 Å². The zero-order chi connectivity index (χ0) is 24.1. The van der Waals surface area contributed by atoms with Crippen molar-refractivity contribution in [3.8, 4) is 17.4 Å². The van der Waals surface area contributed by atoms with Crippen LogP contribution in [0, 0.1) is 11.3 Å². The van der Waals surface area contributed by atoms with E-state index in [2.05, 4.69) is 52.5 Å². The van der Waals surface area contributed by atoms with Gasteiger partial charge in [0.1, 0.15) is 23.2 Å². The minimum Gasteiger partial charge on any atom is -0.457 e. The SMILES string of the molecule is CN1CCN(c2ccc3cc(-c4ccc(C=C(C#N)C(=O)NCC(O)CO)o4)ccc3c2)CC1. The van der Waals surface area contributed by atoms with Gasteiger partial charge in [0, 0.05) is 50.1 Å². The maximum atomic E-state index is 12.1. The van der Waals surface area contributed by atoms with Gasteiger partial charge in [-0.2, -0.15) is 5.26 Å². The number of piperazine rings is 1. The first kappa shape index (κ1) is 23.5. The summed E-state index contributed by atoms with van der Waals surface area (Å²) < 4.78 is 5.87. The standard InChI is InChI=1S/C26H28N4O4/c1-29-8-10-30(11-9-29)22-5-4-18-12-20(3-2-19(18)13-22)25-7-6-24(34-25)14-21(15-27)26(33)28-16-23(32)17-31/h2-7,12-14,23,31-32H,8-11,16-17H2,1H3,(H,28,33). The third-order valence-electron chi connectivity index (χ3n) is 5.96. The summed E-state index contributed by atoms with van der Waals surface area (Å²) in [6.45, 7) is 3.54. The molecule has 1 aliphatic heterocycles. The van der Waals surface area contributed by atoms with E-state index < -0.39 is 18.6 Å². The smallest absolute Gasteiger partial charge is 0.262 e. The number of aliphatic hydroxyl groups excluding tert-OH is 2. The van der Waals surface area contributed by atoms with Crippen molar-refractivity contribution in [2.75, 3.05) is 51.3 Å². The van der Waals surface area contributed by atoms with Crippen LogP contribution in [0.4, 0.5) is 5.69 Å². The summed E-state index contributed by atoms with van der Waals surface area (Å²) in [4.78, 5) is 16.9. The van der Waals surface area contributed by atoms with E-state index in [4.69, 9.17) is 9.52 Å². The fraction of sp³-hybridized carbons (Fsp3) is 0.308. The number of carbonyl (C=O) groups is 1. The third-order valence-corrected chi connectivity index (χ3v) is 5.96. The molecular formula is C26H28N4O4. The van der Waals surface area contributed by atoms with Crippen LogP contribution in [-0.4, -0.2) is 73.5 Å². The van der Waals surface area contributed by atoms with Crippen molar-refractivity contribution >= 4 is 28.4 Å². The number of nitriles is 1. The van der Waals surface area contributed by atoms with E-state index in [1.807, 2.05) is 12.1 Å². The van der Waals surface area contributed by atoms with Crippen molar-refractivity contribution in [1.29, 1.82) is 5.26 Å². The number of carbonyl (C=O) groups excluding carboxylic acids is 1. The third kappa shape index (κ3) is 5.46. The van der Waals surface area contributed by atoms with Gasteiger partial charge in [0.2, 0.25) is 0 Å². The molecule has 2 heterocycles. The van der Waals surface area contributed by atoms with Crippen LogP contribution in [-0.2, 0) is 4.79 Å². The van der Waals surface area contributed by atoms with Gasteiger partial charge in [0.25, 0.3) is 5.91 Å². The number of furan rings is 1. The molecule has 8 heteroatoms. The lowest BCUT2D eigenvalue weighted by atomic mass is 10.0. The molecule has 0 radical (unpaired) electrons. The van der Waals surface area contributed by atoms with Crippen LogP contribution in [0.1, 0.15) is 5.76 Å². The molecule has 4 rings (SSSR count). The fourth-order valence-electron chi connectivity index (χ4n) is 3.89.